The maximum atomic E-state index is 13.3. The molecule has 6 nitrogen and oxygen atoms in total. The molecule has 1 atom stereocenters. The first kappa shape index (κ1) is 25.0. The van der Waals surface area contributed by atoms with Crippen molar-refractivity contribution in [3.05, 3.63) is 35.4 Å². The summed E-state index contributed by atoms with van der Waals surface area (Å²) in [6.45, 7) is 7.85. The Kier molecular flexibility index (Phi) is 6.98. The highest BCUT2D eigenvalue weighted by molar-refractivity contribution is 7.89. The number of carbonyl (C=O) groups is 1. The Balaban J connectivity index is 1.88. The van der Waals surface area contributed by atoms with Crippen molar-refractivity contribution < 1.29 is 26.4 Å². The summed E-state index contributed by atoms with van der Waals surface area (Å²) in [4.78, 5) is 14.9. The number of alkyl halides is 3. The highest BCUT2D eigenvalue weighted by Crippen LogP contribution is 2.37. The Bertz CT molecular complexity index is 939. The minimum Gasteiger partial charge on any atom is -0.319 e. The minimum absolute atomic E-state index is 0.0429. The van der Waals surface area contributed by atoms with Crippen molar-refractivity contribution in [2.75, 3.05) is 13.1 Å². The van der Waals surface area contributed by atoms with Gasteiger partial charge in [-0.15, -0.1) is 0 Å². The topological polar surface area (TPSA) is 69.7 Å². The molecule has 10 heteroatoms. The third-order valence-electron chi connectivity index (χ3n) is 6.33. The van der Waals surface area contributed by atoms with Crippen molar-refractivity contribution in [2.24, 2.45) is 5.92 Å². The SMILES string of the molecule is CC(C)CC1NC2(CCN(S(=O)(=O)C(C)C)CC2)N(Cc2cccc(C(F)(F)F)c2)C1=O. The molecule has 2 heterocycles. The number of rotatable bonds is 6. The molecule has 3 rings (SSSR count). The maximum Gasteiger partial charge on any atom is 0.416 e. The van der Waals surface area contributed by atoms with Crippen LogP contribution < -0.4 is 5.32 Å². The monoisotopic (exact) mass is 475 g/mol. The second-order valence-corrected chi connectivity index (χ2v) is 12.0. The van der Waals surface area contributed by atoms with Gasteiger partial charge in [-0.25, -0.2) is 12.7 Å². The summed E-state index contributed by atoms with van der Waals surface area (Å²) in [5.74, 6) is 0.111. The van der Waals surface area contributed by atoms with Gasteiger partial charge >= 0.3 is 6.18 Å². The van der Waals surface area contributed by atoms with E-state index in [2.05, 4.69) is 5.32 Å². The third-order valence-corrected chi connectivity index (χ3v) is 8.61. The lowest BCUT2D eigenvalue weighted by Gasteiger charge is -2.44. The summed E-state index contributed by atoms with van der Waals surface area (Å²) in [5, 5.41) is 2.90. The highest BCUT2D eigenvalue weighted by atomic mass is 32.2. The molecule has 2 saturated heterocycles. The average Bonchev–Trinajstić information content (AvgIpc) is 2.92. The number of sulfonamides is 1. The van der Waals surface area contributed by atoms with E-state index < -0.39 is 38.7 Å². The van der Waals surface area contributed by atoms with Gasteiger partial charge in [0.05, 0.1) is 22.5 Å². The number of hydrogen-bond donors (Lipinski definition) is 1. The molecule has 1 spiro atoms. The number of nitrogens with one attached hydrogen (secondary N) is 1. The largest absolute Gasteiger partial charge is 0.416 e. The van der Waals surface area contributed by atoms with Crippen LogP contribution in [0.1, 0.15) is 58.1 Å². The van der Waals surface area contributed by atoms with E-state index in [1.807, 2.05) is 13.8 Å². The van der Waals surface area contributed by atoms with Gasteiger partial charge in [0.25, 0.3) is 0 Å². The van der Waals surface area contributed by atoms with Crippen molar-refractivity contribution in [2.45, 2.75) is 76.6 Å². The summed E-state index contributed by atoms with van der Waals surface area (Å²) >= 11 is 0. The van der Waals surface area contributed by atoms with Crippen molar-refractivity contribution in [1.82, 2.24) is 14.5 Å². The van der Waals surface area contributed by atoms with E-state index in [9.17, 15) is 26.4 Å². The minimum atomic E-state index is -4.46. The van der Waals surface area contributed by atoms with Crippen LogP contribution in [0.5, 0.6) is 0 Å². The van der Waals surface area contributed by atoms with E-state index in [0.717, 1.165) is 12.1 Å². The summed E-state index contributed by atoms with van der Waals surface area (Å²) in [6.07, 6.45) is -3.08. The molecule has 2 fully saturated rings. The van der Waals surface area contributed by atoms with E-state index in [1.165, 1.54) is 10.4 Å². The van der Waals surface area contributed by atoms with Crippen LogP contribution in [0.15, 0.2) is 24.3 Å². The number of amides is 1. The molecule has 1 aromatic carbocycles. The number of nitrogens with zero attached hydrogens (tertiary/aromatic N) is 2. The van der Waals surface area contributed by atoms with Crippen molar-refractivity contribution in [3.63, 3.8) is 0 Å². The first-order valence-corrected chi connectivity index (χ1v) is 12.5. The number of carbonyl (C=O) groups excluding carboxylic acids is 1. The molecule has 0 radical (unpaired) electrons. The van der Waals surface area contributed by atoms with Gasteiger partial charge < -0.3 is 4.90 Å². The van der Waals surface area contributed by atoms with E-state index in [4.69, 9.17) is 0 Å². The fourth-order valence-corrected chi connectivity index (χ4v) is 5.86. The second kappa shape index (κ2) is 8.95. The van der Waals surface area contributed by atoms with Crippen molar-refractivity contribution in [3.8, 4) is 0 Å². The quantitative estimate of drug-likeness (QED) is 0.683. The Morgan fingerprint density at radius 1 is 1.16 bits per heavy atom. The van der Waals surface area contributed by atoms with Gasteiger partial charge in [0.2, 0.25) is 15.9 Å². The number of piperidine rings is 1. The molecule has 0 saturated carbocycles. The maximum absolute atomic E-state index is 13.3. The lowest BCUT2D eigenvalue weighted by molar-refractivity contribution is -0.137. The Hall–Kier alpha value is -1.65. The zero-order valence-electron chi connectivity index (χ0n) is 18.9. The van der Waals surface area contributed by atoms with Crippen molar-refractivity contribution >= 4 is 15.9 Å². The average molecular weight is 476 g/mol. The normalized spacial score (nSPS) is 22.5. The van der Waals surface area contributed by atoms with E-state index in [-0.39, 0.29) is 31.5 Å². The summed E-state index contributed by atoms with van der Waals surface area (Å²) in [5.41, 5.74) is -1.12. The standard InChI is InChI=1S/C22H32F3N3O3S/c1-15(2)12-19-20(29)28(14-17-6-5-7-18(13-17)22(23,24)25)21(26-19)8-10-27(11-9-21)32(30,31)16(3)4/h5-7,13,15-16,19,26H,8-12,14H2,1-4H3. The van der Waals surface area contributed by atoms with E-state index in [0.29, 0.717) is 24.8 Å². The van der Waals surface area contributed by atoms with Crippen LogP contribution >= 0.6 is 0 Å². The van der Waals surface area contributed by atoms with Gasteiger partial charge in [-0.05, 0) is 56.7 Å². The Labute approximate surface area is 188 Å². The number of benzene rings is 1. The molecule has 180 valence electrons. The molecule has 2 aliphatic heterocycles. The third kappa shape index (κ3) is 4.97. The molecule has 1 amide bonds. The molecular formula is C22H32F3N3O3S. The second-order valence-electron chi connectivity index (χ2n) is 9.47. The van der Waals surface area contributed by atoms with Gasteiger partial charge in [0.1, 0.15) is 0 Å². The molecular weight excluding hydrogens is 443 g/mol. The van der Waals surface area contributed by atoms with Crippen LogP contribution in [0.3, 0.4) is 0 Å². The molecule has 0 bridgehead atoms. The van der Waals surface area contributed by atoms with Crippen LogP contribution in [0, 0.1) is 5.92 Å². The molecule has 1 unspecified atom stereocenters. The molecule has 0 aliphatic carbocycles. The Morgan fingerprint density at radius 3 is 2.31 bits per heavy atom. The zero-order valence-corrected chi connectivity index (χ0v) is 19.8. The van der Waals surface area contributed by atoms with Crippen LogP contribution in [-0.2, 0) is 27.5 Å². The van der Waals surface area contributed by atoms with Gasteiger partial charge in [-0.2, -0.15) is 13.2 Å². The smallest absolute Gasteiger partial charge is 0.319 e. The lowest BCUT2D eigenvalue weighted by atomic mass is 9.96. The van der Waals surface area contributed by atoms with Crippen LogP contribution in [0.2, 0.25) is 0 Å². The molecule has 0 aromatic heterocycles. The van der Waals surface area contributed by atoms with Crippen LogP contribution in [0.25, 0.3) is 0 Å². The summed E-state index contributed by atoms with van der Waals surface area (Å²) in [7, 11) is -3.41. The molecule has 32 heavy (non-hydrogen) atoms. The molecule has 2 aliphatic rings. The van der Waals surface area contributed by atoms with Gasteiger partial charge in [0, 0.05) is 19.6 Å². The number of hydrogen-bond acceptors (Lipinski definition) is 4. The summed E-state index contributed by atoms with van der Waals surface area (Å²) < 4.78 is 66.2. The van der Waals surface area contributed by atoms with Crippen molar-refractivity contribution in [1.29, 1.82) is 0 Å². The molecule has 1 N–H and O–H groups in total. The fraction of sp³-hybridized carbons (Fsp3) is 0.682. The van der Waals surface area contributed by atoms with Gasteiger partial charge in [-0.1, -0.05) is 26.0 Å². The predicted octanol–water partition coefficient (Wildman–Crippen LogP) is 3.58. The Morgan fingerprint density at radius 2 is 1.78 bits per heavy atom. The lowest BCUT2D eigenvalue weighted by Crippen LogP contribution is -2.59. The first-order chi connectivity index (χ1) is 14.8. The zero-order chi connectivity index (χ0) is 23.9. The van der Waals surface area contributed by atoms with Crippen LogP contribution in [-0.4, -0.2) is 53.6 Å². The van der Waals surface area contributed by atoms with Gasteiger partial charge in [-0.3, -0.25) is 10.1 Å². The summed E-state index contributed by atoms with van der Waals surface area (Å²) in [6, 6.07) is 4.59. The number of halogens is 3. The van der Waals surface area contributed by atoms with Gasteiger partial charge in [0.15, 0.2) is 0 Å². The van der Waals surface area contributed by atoms with E-state index in [1.54, 1.807) is 24.8 Å². The highest BCUT2D eigenvalue weighted by Gasteiger charge is 2.52. The fourth-order valence-electron chi connectivity index (χ4n) is 4.57. The van der Waals surface area contributed by atoms with Crippen LogP contribution in [0.4, 0.5) is 13.2 Å². The predicted molar refractivity (Wildman–Crippen MR) is 116 cm³/mol. The molecule has 1 aromatic rings. The first-order valence-electron chi connectivity index (χ1n) is 11.0. The van der Waals surface area contributed by atoms with E-state index >= 15 is 0 Å².